The van der Waals surface area contributed by atoms with E-state index in [1.807, 2.05) is 0 Å². The summed E-state index contributed by atoms with van der Waals surface area (Å²) in [7, 11) is -4.19. The molecule has 7 heteroatoms. The standard InChI is InChI=1S/C10H11NO5S/c12-10(13)11-9(6-7-16-17(11,14)15)8-4-2-1-3-5-8/h1-5,9H,6-7H2,(H,12,13). The highest BCUT2D eigenvalue weighted by Crippen LogP contribution is 2.31. The smallest absolute Gasteiger partial charge is 0.423 e. The third-order valence-corrected chi connectivity index (χ3v) is 3.88. The number of nitrogens with zero attached hydrogens (tertiary/aromatic N) is 1. The summed E-state index contributed by atoms with van der Waals surface area (Å²) >= 11 is 0. The van der Waals surface area contributed by atoms with E-state index in [1.54, 1.807) is 30.3 Å². The van der Waals surface area contributed by atoms with Crippen molar-refractivity contribution in [3.05, 3.63) is 35.9 Å². The minimum atomic E-state index is -4.19. The van der Waals surface area contributed by atoms with Gasteiger partial charge < -0.3 is 5.11 Å². The van der Waals surface area contributed by atoms with Gasteiger partial charge in [0.1, 0.15) is 0 Å². The first-order chi connectivity index (χ1) is 8.02. The van der Waals surface area contributed by atoms with Crippen LogP contribution in [0.25, 0.3) is 0 Å². The van der Waals surface area contributed by atoms with Gasteiger partial charge in [0, 0.05) is 0 Å². The Balaban J connectivity index is 2.42. The summed E-state index contributed by atoms with van der Waals surface area (Å²) in [5.41, 5.74) is 0.641. The molecule has 1 amide bonds. The lowest BCUT2D eigenvalue weighted by Crippen LogP contribution is -2.44. The van der Waals surface area contributed by atoms with Gasteiger partial charge in [0.05, 0.1) is 12.6 Å². The van der Waals surface area contributed by atoms with E-state index in [2.05, 4.69) is 4.18 Å². The zero-order valence-corrected chi connectivity index (χ0v) is 9.63. The van der Waals surface area contributed by atoms with Crippen molar-refractivity contribution in [2.75, 3.05) is 6.61 Å². The van der Waals surface area contributed by atoms with Gasteiger partial charge in [-0.15, -0.1) is 0 Å². The molecule has 0 spiro atoms. The van der Waals surface area contributed by atoms with Crippen LogP contribution < -0.4 is 0 Å². The third-order valence-electron chi connectivity index (χ3n) is 2.52. The van der Waals surface area contributed by atoms with Gasteiger partial charge in [-0.2, -0.15) is 12.7 Å². The summed E-state index contributed by atoms with van der Waals surface area (Å²) < 4.78 is 27.9. The molecule has 0 bridgehead atoms. The molecule has 1 heterocycles. The molecule has 17 heavy (non-hydrogen) atoms. The lowest BCUT2D eigenvalue weighted by atomic mass is 10.0. The Bertz CT molecular complexity index is 513. The van der Waals surface area contributed by atoms with Gasteiger partial charge in [-0.3, -0.25) is 4.18 Å². The van der Waals surface area contributed by atoms with E-state index in [-0.39, 0.29) is 6.61 Å². The van der Waals surface area contributed by atoms with E-state index in [0.717, 1.165) is 0 Å². The molecule has 1 saturated heterocycles. The lowest BCUT2D eigenvalue weighted by Gasteiger charge is -2.32. The SMILES string of the molecule is O=C(O)N1C(c2ccccc2)CCOS1(=O)=O. The van der Waals surface area contributed by atoms with Crippen molar-refractivity contribution in [2.45, 2.75) is 12.5 Å². The average Bonchev–Trinajstić information content (AvgIpc) is 2.28. The van der Waals surface area contributed by atoms with Gasteiger partial charge in [0.2, 0.25) is 0 Å². The summed E-state index contributed by atoms with van der Waals surface area (Å²) in [5.74, 6) is 0. The number of carbonyl (C=O) groups is 1. The molecular weight excluding hydrogens is 246 g/mol. The molecule has 0 aliphatic carbocycles. The Labute approximate surface area is 98.7 Å². The molecule has 0 aromatic heterocycles. The molecule has 1 N–H and O–H groups in total. The van der Waals surface area contributed by atoms with Crippen LogP contribution in [0.4, 0.5) is 4.79 Å². The van der Waals surface area contributed by atoms with Crippen LogP contribution in [-0.4, -0.2) is 30.5 Å². The van der Waals surface area contributed by atoms with Crippen LogP contribution in [0.15, 0.2) is 30.3 Å². The third kappa shape index (κ3) is 2.25. The van der Waals surface area contributed by atoms with Crippen LogP contribution in [0.2, 0.25) is 0 Å². The van der Waals surface area contributed by atoms with Crippen molar-refractivity contribution in [1.82, 2.24) is 4.31 Å². The van der Waals surface area contributed by atoms with Crippen molar-refractivity contribution in [3.63, 3.8) is 0 Å². The number of rotatable bonds is 1. The minimum absolute atomic E-state index is 0.00826. The minimum Gasteiger partial charge on any atom is -0.464 e. The molecule has 0 saturated carbocycles. The number of carboxylic acid groups (broad SMARTS) is 1. The summed E-state index contributed by atoms with van der Waals surface area (Å²) in [6.07, 6.45) is -1.21. The zero-order valence-electron chi connectivity index (χ0n) is 8.81. The number of hydrogen-bond donors (Lipinski definition) is 1. The first-order valence-corrected chi connectivity index (χ1v) is 6.35. The van der Waals surface area contributed by atoms with E-state index < -0.39 is 22.4 Å². The molecule has 0 radical (unpaired) electrons. The molecule has 1 aliphatic heterocycles. The largest absolute Gasteiger partial charge is 0.464 e. The maximum Gasteiger partial charge on any atom is 0.423 e. The molecular formula is C10H11NO5S. The predicted molar refractivity (Wildman–Crippen MR) is 58.5 cm³/mol. The highest BCUT2D eigenvalue weighted by atomic mass is 32.2. The molecule has 2 rings (SSSR count). The second-order valence-electron chi connectivity index (χ2n) is 3.57. The summed E-state index contributed by atoms with van der Waals surface area (Å²) in [4.78, 5) is 11.0. The quantitative estimate of drug-likeness (QED) is 0.821. The first kappa shape index (κ1) is 11.9. The van der Waals surface area contributed by atoms with E-state index in [0.29, 0.717) is 16.3 Å². The summed E-state index contributed by atoms with van der Waals surface area (Å²) in [6, 6.07) is 7.92. The molecule has 6 nitrogen and oxygen atoms in total. The molecule has 1 unspecified atom stereocenters. The average molecular weight is 257 g/mol. The predicted octanol–water partition coefficient (Wildman–Crippen LogP) is 1.37. The fourth-order valence-electron chi connectivity index (χ4n) is 1.80. The summed E-state index contributed by atoms with van der Waals surface area (Å²) in [6.45, 7) is -0.00826. The number of amides is 1. The first-order valence-electron chi connectivity index (χ1n) is 4.99. The van der Waals surface area contributed by atoms with Crippen molar-refractivity contribution in [1.29, 1.82) is 0 Å². The second kappa shape index (κ2) is 4.34. The molecule has 1 atom stereocenters. The van der Waals surface area contributed by atoms with E-state index >= 15 is 0 Å². The maximum atomic E-state index is 11.5. The number of benzene rings is 1. The van der Waals surface area contributed by atoms with Crippen LogP contribution >= 0.6 is 0 Å². The van der Waals surface area contributed by atoms with Crippen LogP contribution in [0.3, 0.4) is 0 Å². The zero-order chi connectivity index (χ0) is 12.5. The topological polar surface area (TPSA) is 83.9 Å². The highest BCUT2D eigenvalue weighted by molar-refractivity contribution is 7.84. The van der Waals surface area contributed by atoms with E-state index in [1.165, 1.54) is 0 Å². The Morgan fingerprint density at radius 2 is 2.00 bits per heavy atom. The lowest BCUT2D eigenvalue weighted by molar-refractivity contribution is 0.127. The Morgan fingerprint density at radius 3 is 2.59 bits per heavy atom. The van der Waals surface area contributed by atoms with Crippen LogP contribution in [-0.2, 0) is 14.5 Å². The van der Waals surface area contributed by atoms with E-state index in [9.17, 15) is 13.2 Å². The highest BCUT2D eigenvalue weighted by Gasteiger charge is 2.39. The van der Waals surface area contributed by atoms with E-state index in [4.69, 9.17) is 5.11 Å². The Hall–Kier alpha value is -1.60. The molecule has 1 aromatic rings. The van der Waals surface area contributed by atoms with Gasteiger partial charge in [0.25, 0.3) is 0 Å². The molecule has 1 fully saturated rings. The van der Waals surface area contributed by atoms with Crippen molar-refractivity contribution < 1.29 is 22.5 Å². The second-order valence-corrected chi connectivity index (χ2v) is 5.06. The van der Waals surface area contributed by atoms with Crippen LogP contribution in [0, 0.1) is 0 Å². The monoisotopic (exact) mass is 257 g/mol. The van der Waals surface area contributed by atoms with Crippen molar-refractivity contribution >= 4 is 16.4 Å². The van der Waals surface area contributed by atoms with Gasteiger partial charge in [-0.25, -0.2) is 4.79 Å². The Kier molecular flexibility index (Phi) is 3.03. The normalized spacial score (nSPS) is 23.3. The fourth-order valence-corrected chi connectivity index (χ4v) is 2.95. The summed E-state index contributed by atoms with van der Waals surface area (Å²) in [5, 5.41) is 8.97. The molecule has 1 aliphatic rings. The van der Waals surface area contributed by atoms with Crippen LogP contribution in [0.5, 0.6) is 0 Å². The molecule has 92 valence electrons. The van der Waals surface area contributed by atoms with Gasteiger partial charge in [0.15, 0.2) is 0 Å². The van der Waals surface area contributed by atoms with Gasteiger partial charge in [-0.05, 0) is 12.0 Å². The van der Waals surface area contributed by atoms with Crippen molar-refractivity contribution in [2.24, 2.45) is 0 Å². The Morgan fingerprint density at radius 1 is 1.35 bits per heavy atom. The van der Waals surface area contributed by atoms with Crippen molar-refractivity contribution in [3.8, 4) is 0 Å². The van der Waals surface area contributed by atoms with Gasteiger partial charge in [-0.1, -0.05) is 30.3 Å². The fraction of sp³-hybridized carbons (Fsp3) is 0.300. The van der Waals surface area contributed by atoms with Gasteiger partial charge >= 0.3 is 16.4 Å². The molecule has 1 aromatic carbocycles. The number of hydrogen-bond acceptors (Lipinski definition) is 4. The van der Waals surface area contributed by atoms with Crippen LogP contribution in [0.1, 0.15) is 18.0 Å². The maximum absolute atomic E-state index is 11.5.